The fourth-order valence-corrected chi connectivity index (χ4v) is 1.44. The van der Waals surface area contributed by atoms with Crippen LogP contribution >= 0.6 is 0 Å². The van der Waals surface area contributed by atoms with Gasteiger partial charge in [0.2, 0.25) is 0 Å². The van der Waals surface area contributed by atoms with Crippen LogP contribution in [-0.2, 0) is 0 Å². The maximum absolute atomic E-state index is 5.80. The van der Waals surface area contributed by atoms with Crippen molar-refractivity contribution in [3.8, 4) is 0 Å². The van der Waals surface area contributed by atoms with Crippen LogP contribution in [0.2, 0.25) is 0 Å². The van der Waals surface area contributed by atoms with Crippen molar-refractivity contribution < 1.29 is 0 Å². The molecule has 0 spiro atoms. The van der Waals surface area contributed by atoms with Gasteiger partial charge in [-0.25, -0.2) is 4.99 Å². The Morgan fingerprint density at radius 2 is 2.19 bits per heavy atom. The summed E-state index contributed by atoms with van der Waals surface area (Å²) in [4.78, 5) is 6.38. The largest absolute Gasteiger partial charge is 0.378 e. The fourth-order valence-electron chi connectivity index (χ4n) is 1.44. The van der Waals surface area contributed by atoms with Crippen LogP contribution in [-0.4, -0.2) is 26.1 Å². The number of nitrogens with zero attached hydrogens (tertiary/aromatic N) is 2. The Kier molecular flexibility index (Phi) is 2.99. The standard InChI is InChI=1S/C12H18N4/c1-16(2)11-5-3-4-10(8-11)15-12(13)14-9-6-7-9/h3-5,8-9H,6-7H2,1-2H3,(H3,13,14,15). The SMILES string of the molecule is CN(C)c1cccc(NC(N)=NC2CC2)c1. The van der Waals surface area contributed by atoms with E-state index in [2.05, 4.69) is 27.3 Å². The first-order valence-electron chi connectivity index (χ1n) is 5.53. The molecule has 1 saturated carbocycles. The molecule has 4 heteroatoms. The molecule has 0 saturated heterocycles. The van der Waals surface area contributed by atoms with Gasteiger partial charge in [0.1, 0.15) is 0 Å². The van der Waals surface area contributed by atoms with Gasteiger partial charge in [-0.2, -0.15) is 0 Å². The normalized spacial score (nSPS) is 16.0. The minimum absolute atomic E-state index is 0.449. The molecule has 0 heterocycles. The Morgan fingerprint density at radius 1 is 1.44 bits per heavy atom. The number of hydrogen-bond donors (Lipinski definition) is 2. The molecule has 1 aliphatic rings. The van der Waals surface area contributed by atoms with Crippen LogP contribution in [0.1, 0.15) is 12.8 Å². The van der Waals surface area contributed by atoms with Crippen molar-refractivity contribution in [1.29, 1.82) is 0 Å². The Labute approximate surface area is 96.2 Å². The first kappa shape index (κ1) is 10.8. The summed E-state index contributed by atoms with van der Waals surface area (Å²) >= 11 is 0. The van der Waals surface area contributed by atoms with E-state index in [0.717, 1.165) is 11.4 Å². The summed E-state index contributed by atoms with van der Waals surface area (Å²) in [6, 6.07) is 8.54. The van der Waals surface area contributed by atoms with Gasteiger partial charge < -0.3 is 16.0 Å². The third kappa shape index (κ3) is 2.89. The zero-order chi connectivity index (χ0) is 11.5. The van der Waals surface area contributed by atoms with E-state index in [9.17, 15) is 0 Å². The zero-order valence-corrected chi connectivity index (χ0v) is 9.77. The van der Waals surface area contributed by atoms with Crippen molar-refractivity contribution in [2.45, 2.75) is 18.9 Å². The molecule has 1 aliphatic carbocycles. The highest BCUT2D eigenvalue weighted by molar-refractivity contribution is 5.92. The molecule has 3 N–H and O–H groups in total. The first-order chi connectivity index (χ1) is 7.65. The van der Waals surface area contributed by atoms with Crippen molar-refractivity contribution in [3.05, 3.63) is 24.3 Å². The van der Waals surface area contributed by atoms with Gasteiger partial charge >= 0.3 is 0 Å². The molecule has 0 atom stereocenters. The molecule has 0 unspecified atom stereocenters. The second kappa shape index (κ2) is 4.43. The van der Waals surface area contributed by atoms with E-state index in [-0.39, 0.29) is 0 Å². The van der Waals surface area contributed by atoms with E-state index in [1.54, 1.807) is 0 Å². The summed E-state index contributed by atoms with van der Waals surface area (Å²) in [5.41, 5.74) is 7.92. The molecular weight excluding hydrogens is 200 g/mol. The molecule has 4 nitrogen and oxygen atoms in total. The van der Waals surface area contributed by atoms with Gasteiger partial charge in [0.15, 0.2) is 5.96 Å². The van der Waals surface area contributed by atoms with Crippen LogP contribution < -0.4 is 16.0 Å². The molecule has 0 amide bonds. The number of guanidine groups is 1. The maximum atomic E-state index is 5.80. The number of hydrogen-bond acceptors (Lipinski definition) is 2. The van der Waals surface area contributed by atoms with Crippen molar-refractivity contribution in [2.75, 3.05) is 24.3 Å². The first-order valence-corrected chi connectivity index (χ1v) is 5.53. The van der Waals surface area contributed by atoms with Crippen LogP contribution in [0.3, 0.4) is 0 Å². The minimum Gasteiger partial charge on any atom is -0.378 e. The monoisotopic (exact) mass is 218 g/mol. The van der Waals surface area contributed by atoms with Crippen LogP contribution in [0, 0.1) is 0 Å². The Bertz CT molecular complexity index is 394. The lowest BCUT2D eigenvalue weighted by atomic mass is 10.2. The molecular formula is C12H18N4. The smallest absolute Gasteiger partial charge is 0.193 e. The molecule has 1 aromatic carbocycles. The summed E-state index contributed by atoms with van der Waals surface area (Å²) in [6.45, 7) is 0. The summed E-state index contributed by atoms with van der Waals surface area (Å²) in [7, 11) is 4.03. The second-order valence-corrected chi connectivity index (χ2v) is 4.32. The number of rotatable bonds is 3. The summed E-state index contributed by atoms with van der Waals surface area (Å²) < 4.78 is 0. The Hall–Kier alpha value is -1.71. The van der Waals surface area contributed by atoms with Crippen LogP contribution in [0.5, 0.6) is 0 Å². The van der Waals surface area contributed by atoms with Gasteiger partial charge in [-0.15, -0.1) is 0 Å². The Morgan fingerprint density at radius 3 is 2.81 bits per heavy atom. The van der Waals surface area contributed by atoms with E-state index >= 15 is 0 Å². The van der Waals surface area contributed by atoms with Gasteiger partial charge in [0, 0.05) is 25.5 Å². The second-order valence-electron chi connectivity index (χ2n) is 4.32. The molecule has 0 bridgehead atoms. The quantitative estimate of drug-likeness (QED) is 0.599. The summed E-state index contributed by atoms with van der Waals surface area (Å²) in [5.74, 6) is 0.512. The molecule has 0 radical (unpaired) electrons. The van der Waals surface area contributed by atoms with Crippen LogP contribution in [0.4, 0.5) is 11.4 Å². The lowest BCUT2D eigenvalue weighted by molar-refractivity contribution is 1.06. The van der Waals surface area contributed by atoms with Crippen LogP contribution in [0.15, 0.2) is 29.3 Å². The third-order valence-electron chi connectivity index (χ3n) is 2.50. The number of aliphatic imine (C=N–C) groups is 1. The zero-order valence-electron chi connectivity index (χ0n) is 9.77. The number of nitrogens with two attached hydrogens (primary N) is 1. The molecule has 0 aromatic heterocycles. The predicted molar refractivity (Wildman–Crippen MR) is 69.0 cm³/mol. The van der Waals surface area contributed by atoms with Crippen molar-refractivity contribution in [2.24, 2.45) is 10.7 Å². The summed E-state index contributed by atoms with van der Waals surface area (Å²) in [6.07, 6.45) is 2.33. The number of anilines is 2. The van der Waals surface area contributed by atoms with Gasteiger partial charge in [0.25, 0.3) is 0 Å². The van der Waals surface area contributed by atoms with Crippen molar-refractivity contribution in [1.82, 2.24) is 0 Å². The number of benzene rings is 1. The molecule has 2 rings (SSSR count). The lowest BCUT2D eigenvalue weighted by Gasteiger charge is -2.14. The summed E-state index contributed by atoms with van der Waals surface area (Å²) in [5, 5.41) is 3.11. The Balaban J connectivity index is 2.05. The van der Waals surface area contributed by atoms with Gasteiger partial charge in [-0.3, -0.25) is 0 Å². The van der Waals surface area contributed by atoms with E-state index in [1.165, 1.54) is 12.8 Å². The molecule has 0 aliphatic heterocycles. The van der Waals surface area contributed by atoms with Gasteiger partial charge in [0.05, 0.1) is 6.04 Å². The highest BCUT2D eigenvalue weighted by atomic mass is 15.1. The van der Waals surface area contributed by atoms with Crippen molar-refractivity contribution >= 4 is 17.3 Å². The molecule has 86 valence electrons. The van der Waals surface area contributed by atoms with E-state index in [1.807, 2.05) is 26.2 Å². The van der Waals surface area contributed by atoms with E-state index < -0.39 is 0 Å². The van der Waals surface area contributed by atoms with Gasteiger partial charge in [-0.1, -0.05) is 6.07 Å². The van der Waals surface area contributed by atoms with Crippen LogP contribution in [0.25, 0.3) is 0 Å². The molecule has 1 aromatic rings. The topological polar surface area (TPSA) is 53.6 Å². The number of nitrogens with one attached hydrogen (secondary N) is 1. The average Bonchev–Trinajstić information content (AvgIpc) is 3.01. The predicted octanol–water partition coefficient (Wildman–Crippen LogP) is 1.64. The molecule has 1 fully saturated rings. The highest BCUT2D eigenvalue weighted by Gasteiger charge is 2.20. The minimum atomic E-state index is 0.449. The third-order valence-corrected chi connectivity index (χ3v) is 2.50. The van der Waals surface area contributed by atoms with Crippen molar-refractivity contribution in [3.63, 3.8) is 0 Å². The van der Waals surface area contributed by atoms with E-state index in [0.29, 0.717) is 12.0 Å². The molecule has 16 heavy (non-hydrogen) atoms. The van der Waals surface area contributed by atoms with Gasteiger partial charge in [-0.05, 0) is 31.0 Å². The average molecular weight is 218 g/mol. The van der Waals surface area contributed by atoms with E-state index in [4.69, 9.17) is 5.73 Å². The fraction of sp³-hybridized carbons (Fsp3) is 0.417. The highest BCUT2D eigenvalue weighted by Crippen LogP contribution is 2.23. The maximum Gasteiger partial charge on any atom is 0.193 e. The lowest BCUT2D eigenvalue weighted by Crippen LogP contribution is -2.23.